The average Bonchev–Trinajstić information content (AvgIpc) is 3.42. The highest BCUT2D eigenvalue weighted by molar-refractivity contribution is 9.10. The number of H-pyrrole nitrogens is 1. The monoisotopic (exact) mass is 544 g/mol. The van der Waals surface area contributed by atoms with Gasteiger partial charge in [-0.05, 0) is 54.8 Å². The number of rotatable bonds is 7. The zero-order chi connectivity index (χ0) is 25.2. The quantitative estimate of drug-likeness (QED) is 0.170. The fraction of sp³-hybridized carbons (Fsp3) is 0.172. The van der Waals surface area contributed by atoms with Crippen LogP contribution in [-0.2, 0) is 16.0 Å². The molecule has 182 valence electrons. The Morgan fingerprint density at radius 3 is 2.47 bits per heavy atom. The molecule has 1 aliphatic heterocycles. The number of nitrogens with one attached hydrogen (secondary N) is 1. The van der Waals surface area contributed by atoms with Gasteiger partial charge in [-0.1, -0.05) is 58.4 Å². The Labute approximate surface area is 217 Å². The van der Waals surface area contributed by atoms with E-state index in [0.29, 0.717) is 30.9 Å². The van der Waals surface area contributed by atoms with Crippen LogP contribution in [0, 0.1) is 0 Å². The van der Waals surface area contributed by atoms with Crippen molar-refractivity contribution in [1.29, 1.82) is 0 Å². The van der Waals surface area contributed by atoms with E-state index in [-0.39, 0.29) is 11.3 Å². The van der Waals surface area contributed by atoms with Gasteiger partial charge in [0.25, 0.3) is 11.7 Å². The summed E-state index contributed by atoms with van der Waals surface area (Å²) in [5.74, 6) is -0.792. The van der Waals surface area contributed by atoms with E-state index in [1.807, 2.05) is 61.7 Å². The fourth-order valence-corrected chi connectivity index (χ4v) is 4.98. The van der Waals surface area contributed by atoms with Crippen molar-refractivity contribution in [2.75, 3.05) is 13.2 Å². The van der Waals surface area contributed by atoms with Gasteiger partial charge in [0.1, 0.15) is 11.5 Å². The van der Waals surface area contributed by atoms with Gasteiger partial charge in [-0.25, -0.2) is 0 Å². The molecule has 2 N–H and O–H groups in total. The van der Waals surface area contributed by atoms with Gasteiger partial charge in [-0.2, -0.15) is 0 Å². The van der Waals surface area contributed by atoms with Crippen molar-refractivity contribution in [2.24, 2.45) is 0 Å². The Bertz CT molecular complexity index is 1450. The van der Waals surface area contributed by atoms with Gasteiger partial charge < -0.3 is 19.7 Å². The number of ether oxygens (including phenoxy) is 1. The molecule has 6 nitrogen and oxygen atoms in total. The van der Waals surface area contributed by atoms with E-state index in [1.54, 1.807) is 29.2 Å². The number of carbonyl (C=O) groups is 2. The summed E-state index contributed by atoms with van der Waals surface area (Å²) >= 11 is 3.39. The number of halogens is 1. The molecule has 1 amide bonds. The largest absolute Gasteiger partial charge is 0.507 e. The van der Waals surface area contributed by atoms with Gasteiger partial charge >= 0.3 is 0 Å². The predicted octanol–water partition coefficient (Wildman–Crippen LogP) is 5.99. The van der Waals surface area contributed by atoms with E-state index in [9.17, 15) is 14.7 Å². The number of para-hydroxylation sites is 1. The number of ketones is 1. The normalized spacial score (nSPS) is 17.2. The number of aromatic amines is 1. The van der Waals surface area contributed by atoms with Crippen LogP contribution in [0.25, 0.3) is 16.7 Å². The van der Waals surface area contributed by atoms with E-state index in [1.165, 1.54) is 0 Å². The van der Waals surface area contributed by atoms with Crippen molar-refractivity contribution in [3.63, 3.8) is 0 Å². The number of hydrogen-bond donors (Lipinski definition) is 2. The van der Waals surface area contributed by atoms with Crippen LogP contribution in [-0.4, -0.2) is 39.8 Å². The molecular formula is C29H25BrN2O4. The minimum absolute atomic E-state index is 0.0883. The third-order valence-corrected chi connectivity index (χ3v) is 6.99. The molecule has 1 aromatic heterocycles. The third-order valence-electron chi connectivity index (χ3n) is 6.46. The molecule has 4 aromatic rings. The average molecular weight is 545 g/mol. The number of hydrogen-bond acceptors (Lipinski definition) is 4. The molecular weight excluding hydrogens is 520 g/mol. The maximum absolute atomic E-state index is 13.3. The van der Waals surface area contributed by atoms with Crippen LogP contribution in [0.4, 0.5) is 0 Å². The standard InChI is InChI=1S/C29H25BrN2O4/c1-2-36-22-13-9-18(10-14-22)26-25(27(33)19-7-11-21(30)12-8-19)28(34)29(35)32(26)16-15-20-17-31-24-6-4-3-5-23(20)24/h3-14,17,26,31,33H,2,15-16H2,1H3/t26-/m0/s1. The summed E-state index contributed by atoms with van der Waals surface area (Å²) in [6.07, 6.45) is 2.50. The molecule has 0 radical (unpaired) electrons. The summed E-state index contributed by atoms with van der Waals surface area (Å²) in [4.78, 5) is 31.4. The first-order chi connectivity index (χ1) is 17.5. The number of amides is 1. The second kappa shape index (κ2) is 10.0. The summed E-state index contributed by atoms with van der Waals surface area (Å²) < 4.78 is 6.42. The lowest BCUT2D eigenvalue weighted by Gasteiger charge is -2.25. The van der Waals surface area contributed by atoms with E-state index in [0.717, 1.165) is 26.5 Å². The Morgan fingerprint density at radius 2 is 1.75 bits per heavy atom. The SMILES string of the molecule is CCOc1ccc([C@H]2C(=C(O)c3ccc(Br)cc3)C(=O)C(=O)N2CCc2c[nH]c3ccccc23)cc1. The summed E-state index contributed by atoms with van der Waals surface area (Å²) in [5.41, 5.74) is 3.38. The lowest BCUT2D eigenvalue weighted by Crippen LogP contribution is -2.31. The summed E-state index contributed by atoms with van der Waals surface area (Å²) in [5, 5.41) is 12.3. The molecule has 7 heteroatoms. The number of Topliss-reactive ketones (excluding diaryl/α,β-unsaturated/α-hetero) is 1. The van der Waals surface area contributed by atoms with Crippen LogP contribution >= 0.6 is 15.9 Å². The highest BCUT2D eigenvalue weighted by Crippen LogP contribution is 2.40. The second-order valence-electron chi connectivity index (χ2n) is 8.61. The molecule has 36 heavy (non-hydrogen) atoms. The second-order valence-corrected chi connectivity index (χ2v) is 9.53. The number of aliphatic hydroxyl groups excluding tert-OH is 1. The van der Waals surface area contributed by atoms with Crippen molar-refractivity contribution >= 4 is 44.3 Å². The number of carbonyl (C=O) groups excluding carboxylic acids is 2. The Morgan fingerprint density at radius 1 is 1.03 bits per heavy atom. The van der Waals surface area contributed by atoms with Crippen LogP contribution in [0.15, 0.2) is 89.0 Å². The predicted molar refractivity (Wildman–Crippen MR) is 143 cm³/mol. The molecule has 1 atom stereocenters. The summed E-state index contributed by atoms with van der Waals surface area (Å²) in [6.45, 7) is 2.76. The van der Waals surface area contributed by atoms with Crippen molar-refractivity contribution in [1.82, 2.24) is 9.88 Å². The van der Waals surface area contributed by atoms with Crippen LogP contribution in [0.2, 0.25) is 0 Å². The van der Waals surface area contributed by atoms with Crippen LogP contribution in [0.5, 0.6) is 5.75 Å². The summed E-state index contributed by atoms with van der Waals surface area (Å²) in [6, 6.07) is 21.6. The molecule has 1 fully saturated rings. The highest BCUT2D eigenvalue weighted by atomic mass is 79.9. The Hall–Kier alpha value is -3.84. The van der Waals surface area contributed by atoms with Gasteiger partial charge in [-0.3, -0.25) is 9.59 Å². The lowest BCUT2D eigenvalue weighted by molar-refractivity contribution is -0.139. The van der Waals surface area contributed by atoms with Crippen LogP contribution < -0.4 is 4.74 Å². The van der Waals surface area contributed by atoms with E-state index >= 15 is 0 Å². The first-order valence-corrected chi connectivity index (χ1v) is 12.6. The molecule has 0 saturated carbocycles. The Balaban J connectivity index is 1.55. The minimum atomic E-state index is -0.713. The van der Waals surface area contributed by atoms with Gasteiger partial charge in [0.2, 0.25) is 0 Å². The number of aromatic nitrogens is 1. The Kier molecular flexibility index (Phi) is 6.65. The molecule has 0 bridgehead atoms. The number of likely N-dealkylation sites (tertiary alicyclic amines) is 1. The molecule has 0 aliphatic carbocycles. The maximum atomic E-state index is 13.3. The van der Waals surface area contributed by atoms with Crippen LogP contribution in [0.1, 0.15) is 29.7 Å². The van der Waals surface area contributed by atoms with Gasteiger partial charge in [-0.15, -0.1) is 0 Å². The minimum Gasteiger partial charge on any atom is -0.507 e. The van der Waals surface area contributed by atoms with Gasteiger partial charge in [0.05, 0.1) is 18.2 Å². The van der Waals surface area contributed by atoms with Gasteiger partial charge in [0.15, 0.2) is 0 Å². The smallest absolute Gasteiger partial charge is 0.295 e. The molecule has 0 unspecified atom stereocenters. The molecule has 1 aliphatic rings. The van der Waals surface area contributed by atoms with Crippen molar-refractivity contribution in [2.45, 2.75) is 19.4 Å². The number of aliphatic hydroxyl groups is 1. The van der Waals surface area contributed by atoms with E-state index in [2.05, 4.69) is 20.9 Å². The van der Waals surface area contributed by atoms with Crippen molar-refractivity contribution < 1.29 is 19.4 Å². The number of benzene rings is 3. The first kappa shape index (κ1) is 23.9. The maximum Gasteiger partial charge on any atom is 0.295 e. The van der Waals surface area contributed by atoms with Crippen molar-refractivity contribution in [3.05, 3.63) is 106 Å². The van der Waals surface area contributed by atoms with Crippen molar-refractivity contribution in [3.8, 4) is 5.75 Å². The summed E-state index contributed by atoms with van der Waals surface area (Å²) in [7, 11) is 0. The van der Waals surface area contributed by atoms with Gasteiger partial charge in [0, 0.05) is 33.7 Å². The highest BCUT2D eigenvalue weighted by Gasteiger charge is 2.45. The molecule has 5 rings (SSSR count). The lowest BCUT2D eigenvalue weighted by atomic mass is 9.95. The topological polar surface area (TPSA) is 82.6 Å². The molecule has 2 heterocycles. The van der Waals surface area contributed by atoms with Crippen LogP contribution in [0.3, 0.4) is 0 Å². The van der Waals surface area contributed by atoms with E-state index < -0.39 is 17.7 Å². The first-order valence-electron chi connectivity index (χ1n) is 11.8. The van der Waals surface area contributed by atoms with E-state index in [4.69, 9.17) is 4.74 Å². The number of fused-ring (bicyclic) bond motifs is 1. The molecule has 0 spiro atoms. The molecule has 1 saturated heterocycles. The molecule has 3 aromatic carbocycles. The zero-order valence-corrected chi connectivity index (χ0v) is 21.3. The zero-order valence-electron chi connectivity index (χ0n) is 19.7. The fourth-order valence-electron chi connectivity index (χ4n) is 4.71. The third kappa shape index (κ3) is 4.42. The number of nitrogens with zero attached hydrogens (tertiary/aromatic N) is 1.